The van der Waals surface area contributed by atoms with Gasteiger partial charge in [0.1, 0.15) is 18.2 Å². The molecule has 0 aromatic carbocycles. The van der Waals surface area contributed by atoms with E-state index in [9.17, 15) is 0 Å². The van der Waals surface area contributed by atoms with Crippen LogP contribution in [0, 0.1) is 5.41 Å². The predicted octanol–water partition coefficient (Wildman–Crippen LogP) is 3.65. The molecule has 1 aromatic rings. The van der Waals surface area contributed by atoms with E-state index < -0.39 is 0 Å². The molecule has 1 aromatic heterocycles. The zero-order valence-electron chi connectivity index (χ0n) is 12.3. The van der Waals surface area contributed by atoms with Gasteiger partial charge in [0.25, 0.3) is 0 Å². The summed E-state index contributed by atoms with van der Waals surface area (Å²) in [5, 5.41) is 3.25. The molecule has 0 amide bonds. The van der Waals surface area contributed by atoms with Crippen LogP contribution in [0.15, 0.2) is 12.4 Å². The molecular weight excluding hydrogens is 238 g/mol. The number of nitrogens with one attached hydrogen (secondary N) is 1. The average molecular weight is 263 g/mol. The summed E-state index contributed by atoms with van der Waals surface area (Å²) in [5.74, 6) is 1.54. The molecular formula is C15H25N3O. The maximum Gasteiger partial charge on any atom is 0.218 e. The Morgan fingerprint density at radius 1 is 1.32 bits per heavy atom. The van der Waals surface area contributed by atoms with Crippen molar-refractivity contribution in [2.75, 3.05) is 11.9 Å². The standard InChI is InChI=1S/C15H25N3O/c1-4-9-16-13-10-14(18-11-17-13)19-12-5-7-15(2,3)8-6-12/h10-12H,4-9H2,1-3H3,(H,16,17,18). The maximum atomic E-state index is 5.98. The molecule has 1 aliphatic rings. The number of hydrogen-bond donors (Lipinski definition) is 1. The molecule has 19 heavy (non-hydrogen) atoms. The zero-order chi connectivity index (χ0) is 13.7. The van der Waals surface area contributed by atoms with Crippen molar-refractivity contribution in [3.8, 4) is 5.88 Å². The lowest BCUT2D eigenvalue weighted by Crippen LogP contribution is -2.28. The lowest BCUT2D eigenvalue weighted by Gasteiger charge is -2.34. The monoisotopic (exact) mass is 263 g/mol. The number of aromatic nitrogens is 2. The Morgan fingerprint density at radius 3 is 2.74 bits per heavy atom. The highest BCUT2D eigenvalue weighted by molar-refractivity contribution is 5.36. The molecule has 106 valence electrons. The quantitative estimate of drug-likeness (QED) is 0.881. The Labute approximate surface area is 116 Å². The Morgan fingerprint density at radius 2 is 2.05 bits per heavy atom. The van der Waals surface area contributed by atoms with Crippen LogP contribution in [0.5, 0.6) is 5.88 Å². The Bertz CT molecular complexity index is 396. The van der Waals surface area contributed by atoms with Gasteiger partial charge in [0.15, 0.2) is 0 Å². The van der Waals surface area contributed by atoms with E-state index in [4.69, 9.17) is 4.74 Å². The van der Waals surface area contributed by atoms with Crippen molar-refractivity contribution in [1.29, 1.82) is 0 Å². The molecule has 0 unspecified atom stereocenters. The van der Waals surface area contributed by atoms with E-state index in [-0.39, 0.29) is 0 Å². The highest BCUT2D eigenvalue weighted by Gasteiger charge is 2.27. The van der Waals surface area contributed by atoms with Gasteiger partial charge in [-0.25, -0.2) is 9.97 Å². The molecule has 0 bridgehead atoms. The molecule has 1 aliphatic carbocycles. The lowest BCUT2D eigenvalue weighted by molar-refractivity contribution is 0.0948. The van der Waals surface area contributed by atoms with Gasteiger partial charge in [-0.05, 0) is 37.5 Å². The normalized spacial score (nSPS) is 19.1. The number of anilines is 1. The van der Waals surface area contributed by atoms with Crippen LogP contribution >= 0.6 is 0 Å². The topological polar surface area (TPSA) is 47.0 Å². The zero-order valence-corrected chi connectivity index (χ0v) is 12.3. The summed E-state index contributed by atoms with van der Waals surface area (Å²) in [7, 11) is 0. The van der Waals surface area contributed by atoms with Crippen molar-refractivity contribution in [1.82, 2.24) is 9.97 Å². The molecule has 1 N–H and O–H groups in total. The number of nitrogens with zero attached hydrogens (tertiary/aromatic N) is 2. The molecule has 2 rings (SSSR count). The van der Waals surface area contributed by atoms with Crippen LogP contribution in [0.25, 0.3) is 0 Å². The second-order valence-corrected chi connectivity index (χ2v) is 6.15. The first-order valence-electron chi connectivity index (χ1n) is 7.32. The van der Waals surface area contributed by atoms with Crippen molar-refractivity contribution in [3.05, 3.63) is 12.4 Å². The summed E-state index contributed by atoms with van der Waals surface area (Å²) in [6.45, 7) is 7.73. The summed E-state index contributed by atoms with van der Waals surface area (Å²) < 4.78 is 5.98. The first kappa shape index (κ1) is 14.1. The highest BCUT2D eigenvalue weighted by Crippen LogP contribution is 2.36. The molecule has 0 atom stereocenters. The second kappa shape index (κ2) is 6.22. The summed E-state index contributed by atoms with van der Waals surface area (Å²) in [4.78, 5) is 8.40. The molecule has 1 saturated carbocycles. The van der Waals surface area contributed by atoms with E-state index in [1.165, 1.54) is 12.8 Å². The van der Waals surface area contributed by atoms with Gasteiger partial charge in [-0.1, -0.05) is 20.8 Å². The molecule has 4 heteroatoms. The SMILES string of the molecule is CCCNc1cc(OC2CCC(C)(C)CC2)ncn1. The van der Waals surface area contributed by atoms with Crippen LogP contribution in [0.3, 0.4) is 0 Å². The third kappa shape index (κ3) is 4.37. The minimum atomic E-state index is 0.307. The molecule has 0 aliphatic heterocycles. The van der Waals surface area contributed by atoms with E-state index in [1.54, 1.807) is 6.33 Å². The van der Waals surface area contributed by atoms with Gasteiger partial charge in [-0.2, -0.15) is 0 Å². The van der Waals surface area contributed by atoms with Crippen molar-refractivity contribution < 1.29 is 4.74 Å². The minimum absolute atomic E-state index is 0.307. The Balaban J connectivity index is 1.89. The number of hydrogen-bond acceptors (Lipinski definition) is 4. The van der Waals surface area contributed by atoms with E-state index in [2.05, 4.69) is 36.1 Å². The smallest absolute Gasteiger partial charge is 0.218 e. The Hall–Kier alpha value is -1.32. The van der Waals surface area contributed by atoms with Gasteiger partial charge < -0.3 is 10.1 Å². The van der Waals surface area contributed by atoms with E-state index in [0.29, 0.717) is 17.4 Å². The van der Waals surface area contributed by atoms with Crippen LogP contribution in [0.4, 0.5) is 5.82 Å². The average Bonchev–Trinajstić information content (AvgIpc) is 2.39. The molecule has 0 spiro atoms. The van der Waals surface area contributed by atoms with Gasteiger partial charge in [-0.15, -0.1) is 0 Å². The van der Waals surface area contributed by atoms with Gasteiger partial charge in [-0.3, -0.25) is 0 Å². The van der Waals surface area contributed by atoms with Crippen molar-refractivity contribution in [3.63, 3.8) is 0 Å². The van der Waals surface area contributed by atoms with Crippen molar-refractivity contribution in [2.45, 2.75) is 59.0 Å². The summed E-state index contributed by atoms with van der Waals surface area (Å²) >= 11 is 0. The summed E-state index contributed by atoms with van der Waals surface area (Å²) in [6.07, 6.45) is 7.65. The van der Waals surface area contributed by atoms with Crippen LogP contribution < -0.4 is 10.1 Å². The van der Waals surface area contributed by atoms with Crippen molar-refractivity contribution in [2.24, 2.45) is 5.41 Å². The number of rotatable bonds is 5. The first-order valence-corrected chi connectivity index (χ1v) is 7.32. The van der Waals surface area contributed by atoms with Crippen LogP contribution in [0.2, 0.25) is 0 Å². The van der Waals surface area contributed by atoms with Gasteiger partial charge in [0, 0.05) is 12.6 Å². The van der Waals surface area contributed by atoms with Crippen LogP contribution in [0.1, 0.15) is 52.9 Å². The fourth-order valence-electron chi connectivity index (χ4n) is 2.42. The van der Waals surface area contributed by atoms with Crippen LogP contribution in [-0.4, -0.2) is 22.6 Å². The summed E-state index contributed by atoms with van der Waals surface area (Å²) in [6, 6.07) is 1.90. The Kier molecular flexibility index (Phi) is 4.61. The molecule has 0 saturated heterocycles. The fraction of sp³-hybridized carbons (Fsp3) is 0.733. The van der Waals surface area contributed by atoms with E-state index in [0.717, 1.165) is 31.6 Å². The van der Waals surface area contributed by atoms with E-state index in [1.807, 2.05) is 6.07 Å². The fourth-order valence-corrected chi connectivity index (χ4v) is 2.42. The largest absolute Gasteiger partial charge is 0.474 e. The van der Waals surface area contributed by atoms with Gasteiger partial charge >= 0.3 is 0 Å². The van der Waals surface area contributed by atoms with Gasteiger partial charge in [0.05, 0.1) is 0 Å². The van der Waals surface area contributed by atoms with E-state index >= 15 is 0 Å². The third-order valence-corrected chi connectivity index (χ3v) is 3.77. The molecule has 0 radical (unpaired) electrons. The van der Waals surface area contributed by atoms with Crippen molar-refractivity contribution >= 4 is 5.82 Å². The lowest BCUT2D eigenvalue weighted by atomic mass is 9.76. The minimum Gasteiger partial charge on any atom is -0.474 e. The van der Waals surface area contributed by atoms with Crippen LogP contribution in [-0.2, 0) is 0 Å². The molecule has 1 heterocycles. The van der Waals surface area contributed by atoms with Gasteiger partial charge in [0.2, 0.25) is 5.88 Å². The molecule has 1 fully saturated rings. The predicted molar refractivity (Wildman–Crippen MR) is 77.5 cm³/mol. The number of ether oxygens (including phenoxy) is 1. The maximum absolute atomic E-state index is 5.98. The highest BCUT2D eigenvalue weighted by atomic mass is 16.5. The third-order valence-electron chi connectivity index (χ3n) is 3.77. The summed E-state index contributed by atoms with van der Waals surface area (Å²) in [5.41, 5.74) is 0.472. The second-order valence-electron chi connectivity index (χ2n) is 6.15. The first-order chi connectivity index (χ1) is 9.09. The molecule has 4 nitrogen and oxygen atoms in total.